The van der Waals surface area contributed by atoms with E-state index in [9.17, 15) is 13.5 Å². The number of aliphatic hydroxyl groups excluding tert-OH is 1. The Morgan fingerprint density at radius 3 is 2.71 bits per heavy atom. The molecule has 0 aliphatic carbocycles. The minimum atomic E-state index is -3.81. The van der Waals surface area contributed by atoms with Crippen molar-refractivity contribution in [3.63, 3.8) is 0 Å². The number of pyridine rings is 1. The molecule has 1 aromatic carbocycles. The van der Waals surface area contributed by atoms with Crippen molar-refractivity contribution in [1.82, 2.24) is 9.71 Å². The number of sulfonamides is 1. The molecule has 0 bridgehead atoms. The number of nitrogens with one attached hydrogen (secondary N) is 1. The molecule has 0 saturated carbocycles. The first-order chi connectivity index (χ1) is 9.83. The summed E-state index contributed by atoms with van der Waals surface area (Å²) in [6.45, 7) is 3.17. The Morgan fingerprint density at radius 1 is 1.38 bits per heavy atom. The molecule has 0 radical (unpaired) electrons. The van der Waals surface area contributed by atoms with Gasteiger partial charge in [-0.1, -0.05) is 6.92 Å². The Balaban J connectivity index is 2.59. The van der Waals surface area contributed by atoms with Crippen LogP contribution in [0.3, 0.4) is 0 Å². The first kappa shape index (κ1) is 15.7. The lowest BCUT2D eigenvalue weighted by atomic mass is 10.0. The van der Waals surface area contributed by atoms with Gasteiger partial charge in [-0.3, -0.25) is 4.98 Å². The van der Waals surface area contributed by atoms with Crippen LogP contribution in [0, 0.1) is 0 Å². The molecule has 2 rings (SSSR count). The van der Waals surface area contributed by atoms with E-state index in [-0.39, 0.29) is 11.5 Å². The number of rotatable bonds is 5. The summed E-state index contributed by atoms with van der Waals surface area (Å²) in [5, 5.41) is 9.98. The van der Waals surface area contributed by atoms with Crippen molar-refractivity contribution in [2.75, 3.05) is 12.3 Å². The Kier molecular flexibility index (Phi) is 4.18. The second-order valence-corrected chi connectivity index (χ2v) is 6.88. The summed E-state index contributed by atoms with van der Waals surface area (Å²) >= 11 is 0. The number of aromatic nitrogens is 1. The zero-order valence-electron chi connectivity index (χ0n) is 12.0. The number of nitrogen functional groups attached to an aromatic ring is 1. The van der Waals surface area contributed by atoms with Crippen LogP contribution in [-0.4, -0.2) is 30.7 Å². The minimum absolute atomic E-state index is 0.0559. The molecule has 0 fully saturated rings. The van der Waals surface area contributed by atoms with Gasteiger partial charge in [0.1, 0.15) is 4.90 Å². The van der Waals surface area contributed by atoms with Crippen molar-refractivity contribution < 1.29 is 13.5 Å². The van der Waals surface area contributed by atoms with Crippen LogP contribution in [0.4, 0.5) is 5.69 Å². The van der Waals surface area contributed by atoms with Crippen LogP contribution < -0.4 is 10.5 Å². The maximum absolute atomic E-state index is 12.6. The largest absolute Gasteiger partial charge is 0.398 e. The van der Waals surface area contributed by atoms with E-state index in [0.717, 1.165) is 0 Å². The number of anilines is 1. The zero-order valence-corrected chi connectivity index (χ0v) is 12.8. The van der Waals surface area contributed by atoms with E-state index in [1.807, 2.05) is 0 Å². The van der Waals surface area contributed by atoms with E-state index >= 15 is 0 Å². The lowest BCUT2D eigenvalue weighted by Crippen LogP contribution is -2.48. The van der Waals surface area contributed by atoms with Gasteiger partial charge >= 0.3 is 0 Å². The monoisotopic (exact) mass is 309 g/mol. The highest BCUT2D eigenvalue weighted by Gasteiger charge is 2.30. The van der Waals surface area contributed by atoms with Crippen LogP contribution in [0.25, 0.3) is 10.9 Å². The molecule has 0 saturated heterocycles. The summed E-state index contributed by atoms with van der Waals surface area (Å²) in [6.07, 6.45) is 1.98. The molecule has 0 aliphatic heterocycles. The smallest absolute Gasteiger partial charge is 0.243 e. The number of fused-ring (bicyclic) bond motifs is 1. The van der Waals surface area contributed by atoms with Gasteiger partial charge in [0.15, 0.2) is 0 Å². The van der Waals surface area contributed by atoms with E-state index in [1.54, 1.807) is 32.0 Å². The maximum atomic E-state index is 12.6. The van der Waals surface area contributed by atoms with Crippen LogP contribution in [0.2, 0.25) is 0 Å². The van der Waals surface area contributed by atoms with E-state index in [0.29, 0.717) is 23.0 Å². The number of nitrogens with two attached hydrogens (primary N) is 1. The Hall–Kier alpha value is -1.70. The number of hydrogen-bond donors (Lipinski definition) is 3. The van der Waals surface area contributed by atoms with Gasteiger partial charge < -0.3 is 10.8 Å². The molecule has 1 unspecified atom stereocenters. The van der Waals surface area contributed by atoms with Crippen molar-refractivity contribution in [3.05, 3.63) is 30.5 Å². The van der Waals surface area contributed by atoms with E-state index in [1.165, 1.54) is 12.3 Å². The van der Waals surface area contributed by atoms with Crippen molar-refractivity contribution in [2.24, 2.45) is 0 Å². The van der Waals surface area contributed by atoms with Gasteiger partial charge in [-0.2, -0.15) is 0 Å². The van der Waals surface area contributed by atoms with Gasteiger partial charge in [0.25, 0.3) is 0 Å². The third-order valence-electron chi connectivity index (χ3n) is 3.57. The Morgan fingerprint density at radius 2 is 2.10 bits per heavy atom. The molecular weight excluding hydrogens is 290 g/mol. The average molecular weight is 309 g/mol. The van der Waals surface area contributed by atoms with Gasteiger partial charge in [-0.25, -0.2) is 13.1 Å². The molecule has 6 nitrogen and oxygen atoms in total. The number of benzene rings is 1. The summed E-state index contributed by atoms with van der Waals surface area (Å²) in [5.74, 6) is 0. The molecule has 1 heterocycles. The van der Waals surface area contributed by atoms with Crippen molar-refractivity contribution in [1.29, 1.82) is 0 Å². The molecule has 0 spiro atoms. The third-order valence-corrected chi connectivity index (χ3v) is 5.24. The molecule has 1 atom stereocenters. The number of nitrogens with zero attached hydrogens (tertiary/aromatic N) is 1. The predicted molar refractivity (Wildman–Crippen MR) is 82.3 cm³/mol. The highest BCUT2D eigenvalue weighted by atomic mass is 32.2. The summed E-state index contributed by atoms with van der Waals surface area (Å²) in [4.78, 5) is 4.18. The van der Waals surface area contributed by atoms with E-state index in [2.05, 4.69) is 9.71 Å². The van der Waals surface area contributed by atoms with Gasteiger partial charge in [-0.05, 0) is 37.6 Å². The summed E-state index contributed by atoms with van der Waals surface area (Å²) < 4.78 is 27.7. The summed E-state index contributed by atoms with van der Waals surface area (Å²) in [7, 11) is -3.81. The minimum Gasteiger partial charge on any atom is -0.398 e. The standard InChI is InChI=1S/C14H19N3O3S/c1-3-14(2,9-18)17-21(19,20)12-7-6-11(15)10-5-4-8-16-13(10)12/h4-8,17-18H,3,9,15H2,1-2H3. The van der Waals surface area contributed by atoms with Crippen LogP contribution in [-0.2, 0) is 10.0 Å². The quantitative estimate of drug-likeness (QED) is 0.721. The first-order valence-electron chi connectivity index (χ1n) is 6.61. The molecule has 0 aliphatic rings. The van der Waals surface area contributed by atoms with E-state index in [4.69, 9.17) is 5.73 Å². The van der Waals surface area contributed by atoms with Crippen molar-refractivity contribution in [3.8, 4) is 0 Å². The van der Waals surface area contributed by atoms with Crippen molar-refractivity contribution in [2.45, 2.75) is 30.7 Å². The third kappa shape index (κ3) is 2.99. The van der Waals surface area contributed by atoms with Gasteiger partial charge in [0.05, 0.1) is 17.7 Å². The fourth-order valence-electron chi connectivity index (χ4n) is 1.98. The average Bonchev–Trinajstić information content (AvgIpc) is 2.47. The van der Waals surface area contributed by atoms with Crippen LogP contribution in [0.1, 0.15) is 20.3 Å². The maximum Gasteiger partial charge on any atom is 0.243 e. The van der Waals surface area contributed by atoms with Crippen LogP contribution in [0.5, 0.6) is 0 Å². The lowest BCUT2D eigenvalue weighted by molar-refractivity contribution is 0.191. The van der Waals surface area contributed by atoms with Gasteiger partial charge in [0, 0.05) is 17.3 Å². The lowest BCUT2D eigenvalue weighted by Gasteiger charge is -2.27. The molecule has 7 heteroatoms. The highest BCUT2D eigenvalue weighted by Crippen LogP contribution is 2.26. The molecule has 21 heavy (non-hydrogen) atoms. The first-order valence-corrected chi connectivity index (χ1v) is 8.09. The normalized spacial score (nSPS) is 15.0. The molecule has 1 aromatic heterocycles. The van der Waals surface area contributed by atoms with Crippen LogP contribution >= 0.6 is 0 Å². The highest BCUT2D eigenvalue weighted by molar-refractivity contribution is 7.89. The second kappa shape index (κ2) is 5.59. The predicted octanol–water partition coefficient (Wildman–Crippen LogP) is 1.26. The summed E-state index contributed by atoms with van der Waals surface area (Å²) in [5.41, 5.74) is 5.73. The number of hydrogen-bond acceptors (Lipinski definition) is 5. The molecule has 0 amide bonds. The topological polar surface area (TPSA) is 105 Å². The molecule has 114 valence electrons. The van der Waals surface area contributed by atoms with Gasteiger partial charge in [-0.15, -0.1) is 0 Å². The molecule has 2 aromatic rings. The Labute approximate surface area is 124 Å². The fraction of sp³-hybridized carbons (Fsp3) is 0.357. The molecule has 4 N–H and O–H groups in total. The van der Waals surface area contributed by atoms with Crippen LogP contribution in [0.15, 0.2) is 35.4 Å². The van der Waals surface area contributed by atoms with E-state index < -0.39 is 15.6 Å². The second-order valence-electron chi connectivity index (χ2n) is 5.23. The van der Waals surface area contributed by atoms with Crippen molar-refractivity contribution >= 4 is 26.6 Å². The number of aliphatic hydroxyl groups is 1. The Bertz CT molecular complexity index is 755. The SMILES string of the molecule is CCC(C)(CO)NS(=O)(=O)c1ccc(N)c2cccnc12. The zero-order chi connectivity index (χ0) is 15.7. The fourth-order valence-corrected chi connectivity index (χ4v) is 3.61. The summed E-state index contributed by atoms with van der Waals surface area (Å²) in [6, 6.07) is 6.40. The molecular formula is C14H19N3O3S. The van der Waals surface area contributed by atoms with Gasteiger partial charge in [0.2, 0.25) is 10.0 Å².